The van der Waals surface area contributed by atoms with Crippen LogP contribution < -0.4 is 10.7 Å². The first-order chi connectivity index (χ1) is 10.5. The number of thiophene rings is 1. The molecule has 0 spiro atoms. The molecule has 2 N–H and O–H groups in total. The second-order valence-corrected chi connectivity index (χ2v) is 6.01. The van der Waals surface area contributed by atoms with Crippen molar-refractivity contribution in [3.63, 3.8) is 0 Å². The monoisotopic (exact) mass is 355 g/mol. The van der Waals surface area contributed by atoms with Crippen LogP contribution in [0.1, 0.15) is 10.4 Å². The number of nitrogens with zero attached hydrogens (tertiary/aromatic N) is 1. The van der Waals surface area contributed by atoms with E-state index in [9.17, 15) is 9.59 Å². The van der Waals surface area contributed by atoms with E-state index in [0.29, 0.717) is 10.7 Å². The molecule has 2 aromatic rings. The highest BCUT2D eigenvalue weighted by Gasteiger charge is 2.13. The Kier molecular flexibility index (Phi) is 5.54. The summed E-state index contributed by atoms with van der Waals surface area (Å²) in [5, 5.41) is 8.70. The van der Waals surface area contributed by atoms with Gasteiger partial charge < -0.3 is 5.32 Å². The molecule has 1 aromatic heterocycles. The molecule has 1 heterocycles. The smallest absolute Gasteiger partial charge is 0.318 e. The molecule has 2 rings (SSSR count). The summed E-state index contributed by atoms with van der Waals surface area (Å²) in [6.45, 7) is 1.93. The Labute approximate surface area is 140 Å². The summed E-state index contributed by atoms with van der Waals surface area (Å²) < 4.78 is 0. The average Bonchev–Trinajstić information content (AvgIpc) is 2.88. The predicted octanol–water partition coefficient (Wildman–Crippen LogP) is 3.45. The van der Waals surface area contributed by atoms with E-state index < -0.39 is 11.8 Å². The van der Waals surface area contributed by atoms with E-state index >= 15 is 0 Å². The number of nitrogens with one attached hydrogen (secondary N) is 2. The normalized spacial score (nSPS) is 10.7. The molecule has 0 aliphatic rings. The number of carbonyl (C=O) groups excluding carboxylic acids is 2. The molecule has 0 saturated heterocycles. The quantitative estimate of drug-likeness (QED) is 0.502. The molecule has 2 amide bonds. The van der Waals surface area contributed by atoms with Gasteiger partial charge in [-0.05, 0) is 42.1 Å². The van der Waals surface area contributed by atoms with Crippen LogP contribution >= 0.6 is 34.5 Å². The van der Waals surface area contributed by atoms with Gasteiger partial charge >= 0.3 is 11.8 Å². The Morgan fingerprint density at radius 1 is 1.18 bits per heavy atom. The molecular formula is C14H11Cl2N3O2S. The third-order valence-electron chi connectivity index (χ3n) is 2.63. The number of hydrogen-bond donors (Lipinski definition) is 2. The largest absolute Gasteiger partial charge is 0.329 e. The second kappa shape index (κ2) is 7.40. The van der Waals surface area contributed by atoms with Crippen molar-refractivity contribution in [3.8, 4) is 0 Å². The number of amides is 2. The zero-order valence-corrected chi connectivity index (χ0v) is 13.7. The van der Waals surface area contributed by atoms with E-state index in [1.165, 1.54) is 35.8 Å². The highest BCUT2D eigenvalue weighted by molar-refractivity contribution is 7.11. The summed E-state index contributed by atoms with van der Waals surface area (Å²) in [6, 6.07) is 6.45. The molecule has 0 aliphatic heterocycles. The number of carbonyl (C=O) groups is 2. The van der Waals surface area contributed by atoms with Crippen molar-refractivity contribution in [2.45, 2.75) is 6.92 Å². The van der Waals surface area contributed by atoms with E-state index in [1.807, 2.05) is 18.4 Å². The van der Waals surface area contributed by atoms with Gasteiger partial charge in [0.25, 0.3) is 0 Å². The summed E-state index contributed by atoms with van der Waals surface area (Å²) in [5.74, 6) is -1.73. The summed E-state index contributed by atoms with van der Waals surface area (Å²) in [7, 11) is 0. The number of hydrogen-bond acceptors (Lipinski definition) is 4. The summed E-state index contributed by atoms with van der Waals surface area (Å²) in [5.41, 5.74) is 3.57. The molecular weight excluding hydrogens is 345 g/mol. The van der Waals surface area contributed by atoms with Crippen LogP contribution in [0.25, 0.3) is 0 Å². The lowest BCUT2D eigenvalue weighted by molar-refractivity contribution is -0.136. The lowest BCUT2D eigenvalue weighted by atomic mass is 10.3. The van der Waals surface area contributed by atoms with Gasteiger partial charge in [-0.15, -0.1) is 11.3 Å². The van der Waals surface area contributed by atoms with Crippen LogP contribution in [0.2, 0.25) is 10.0 Å². The fourth-order valence-corrected chi connectivity index (χ4v) is 2.56. The van der Waals surface area contributed by atoms with Crippen LogP contribution in [0.15, 0.2) is 34.7 Å². The van der Waals surface area contributed by atoms with Gasteiger partial charge in [-0.1, -0.05) is 23.2 Å². The van der Waals surface area contributed by atoms with E-state index in [1.54, 1.807) is 0 Å². The molecule has 5 nitrogen and oxygen atoms in total. The van der Waals surface area contributed by atoms with Gasteiger partial charge in [0.2, 0.25) is 0 Å². The van der Waals surface area contributed by atoms with Gasteiger partial charge in [0.1, 0.15) is 0 Å². The molecule has 0 radical (unpaired) electrons. The summed E-state index contributed by atoms with van der Waals surface area (Å²) in [6.07, 6.45) is 1.49. The van der Waals surface area contributed by atoms with Gasteiger partial charge in [-0.3, -0.25) is 9.59 Å². The van der Waals surface area contributed by atoms with Crippen molar-refractivity contribution < 1.29 is 9.59 Å². The molecule has 0 unspecified atom stereocenters. The van der Waals surface area contributed by atoms with Crippen molar-refractivity contribution >= 4 is 58.3 Å². The summed E-state index contributed by atoms with van der Waals surface area (Å²) >= 11 is 13.1. The van der Waals surface area contributed by atoms with Gasteiger partial charge in [-0.2, -0.15) is 5.10 Å². The first-order valence-electron chi connectivity index (χ1n) is 6.11. The van der Waals surface area contributed by atoms with E-state index in [4.69, 9.17) is 23.2 Å². The molecule has 0 bridgehead atoms. The van der Waals surface area contributed by atoms with Crippen molar-refractivity contribution in [1.29, 1.82) is 0 Å². The molecule has 0 fully saturated rings. The second-order valence-electron chi connectivity index (χ2n) is 4.25. The lowest BCUT2D eigenvalue weighted by Crippen LogP contribution is -2.32. The zero-order valence-electron chi connectivity index (χ0n) is 11.4. The van der Waals surface area contributed by atoms with E-state index in [2.05, 4.69) is 15.8 Å². The van der Waals surface area contributed by atoms with Crippen LogP contribution in [0.4, 0.5) is 5.69 Å². The highest BCUT2D eigenvalue weighted by Crippen LogP contribution is 2.24. The number of anilines is 1. The minimum Gasteiger partial charge on any atom is -0.318 e. The average molecular weight is 356 g/mol. The SMILES string of the molecule is Cc1ccsc1/C=N/NC(=O)C(=O)Nc1ccc(Cl)c(Cl)c1. The highest BCUT2D eigenvalue weighted by atomic mass is 35.5. The van der Waals surface area contributed by atoms with Crippen LogP contribution in [-0.4, -0.2) is 18.0 Å². The number of benzene rings is 1. The standard InChI is InChI=1S/C14H11Cl2N3O2S/c1-8-4-5-22-12(8)7-17-19-14(21)13(20)18-9-2-3-10(15)11(16)6-9/h2-7H,1H3,(H,18,20)(H,19,21)/b17-7+. The molecule has 1 aromatic carbocycles. The Morgan fingerprint density at radius 3 is 2.59 bits per heavy atom. The van der Waals surface area contributed by atoms with Crippen molar-refractivity contribution in [2.24, 2.45) is 5.10 Å². The third kappa shape index (κ3) is 4.30. The van der Waals surface area contributed by atoms with Crippen molar-refractivity contribution in [1.82, 2.24) is 5.43 Å². The Hall–Kier alpha value is -1.89. The Morgan fingerprint density at radius 2 is 1.95 bits per heavy atom. The fraction of sp³-hybridized carbons (Fsp3) is 0.0714. The number of hydrazone groups is 1. The lowest BCUT2D eigenvalue weighted by Gasteiger charge is -2.05. The maximum absolute atomic E-state index is 11.7. The van der Waals surface area contributed by atoms with Crippen LogP contribution in [0, 0.1) is 6.92 Å². The zero-order chi connectivity index (χ0) is 16.1. The third-order valence-corrected chi connectivity index (χ3v) is 4.33. The Balaban J connectivity index is 1.92. The first kappa shape index (κ1) is 16.5. The Bertz CT molecular complexity index is 743. The topological polar surface area (TPSA) is 70.6 Å². The minimum atomic E-state index is -0.878. The van der Waals surface area contributed by atoms with Crippen LogP contribution in [0.3, 0.4) is 0 Å². The van der Waals surface area contributed by atoms with Crippen LogP contribution in [-0.2, 0) is 9.59 Å². The number of aryl methyl sites for hydroxylation is 1. The van der Waals surface area contributed by atoms with Gasteiger partial charge in [0.05, 0.1) is 16.3 Å². The fourth-order valence-electron chi connectivity index (χ4n) is 1.48. The van der Waals surface area contributed by atoms with Gasteiger partial charge in [-0.25, -0.2) is 5.43 Å². The van der Waals surface area contributed by atoms with Crippen molar-refractivity contribution in [3.05, 3.63) is 50.1 Å². The summed E-state index contributed by atoms with van der Waals surface area (Å²) in [4.78, 5) is 24.2. The number of rotatable bonds is 3. The maximum Gasteiger partial charge on any atom is 0.329 e. The molecule has 8 heteroatoms. The van der Waals surface area contributed by atoms with Gasteiger partial charge in [0, 0.05) is 10.6 Å². The molecule has 0 atom stereocenters. The van der Waals surface area contributed by atoms with E-state index in [-0.39, 0.29) is 5.02 Å². The molecule has 0 saturated carbocycles. The minimum absolute atomic E-state index is 0.283. The molecule has 22 heavy (non-hydrogen) atoms. The number of halogens is 2. The molecule has 0 aliphatic carbocycles. The van der Waals surface area contributed by atoms with Crippen molar-refractivity contribution in [2.75, 3.05) is 5.32 Å². The van der Waals surface area contributed by atoms with Gasteiger partial charge in [0.15, 0.2) is 0 Å². The first-order valence-corrected chi connectivity index (χ1v) is 7.74. The predicted molar refractivity (Wildman–Crippen MR) is 89.9 cm³/mol. The molecule has 114 valence electrons. The van der Waals surface area contributed by atoms with Crippen LogP contribution in [0.5, 0.6) is 0 Å². The maximum atomic E-state index is 11.7. The van der Waals surface area contributed by atoms with E-state index in [0.717, 1.165) is 10.4 Å².